The molecule has 1 amide bonds. The highest BCUT2D eigenvalue weighted by Gasteiger charge is 2.27. The lowest BCUT2D eigenvalue weighted by Crippen LogP contribution is -2.41. The van der Waals surface area contributed by atoms with Gasteiger partial charge < -0.3 is 14.8 Å². The van der Waals surface area contributed by atoms with Crippen molar-refractivity contribution in [3.05, 3.63) is 82.9 Å². The van der Waals surface area contributed by atoms with Gasteiger partial charge in [-0.25, -0.2) is 0 Å². The van der Waals surface area contributed by atoms with Crippen molar-refractivity contribution < 1.29 is 14.3 Å². The zero-order chi connectivity index (χ0) is 22.9. The molecule has 0 saturated heterocycles. The summed E-state index contributed by atoms with van der Waals surface area (Å²) in [4.78, 5) is 12.8. The number of hydrogen-bond donors (Lipinski definition) is 1. The molecule has 6 heteroatoms. The molecule has 2 aliphatic heterocycles. The van der Waals surface area contributed by atoms with Crippen LogP contribution in [0.15, 0.2) is 65.8 Å². The Bertz CT molecular complexity index is 1230. The number of benzene rings is 3. The van der Waals surface area contributed by atoms with E-state index in [1.54, 1.807) is 18.2 Å². The van der Waals surface area contributed by atoms with Crippen molar-refractivity contribution in [3.63, 3.8) is 0 Å². The van der Waals surface area contributed by atoms with Gasteiger partial charge in [-0.15, -0.1) is 0 Å². The Kier molecular flexibility index (Phi) is 5.50. The van der Waals surface area contributed by atoms with Gasteiger partial charge in [-0.1, -0.05) is 42.5 Å². The number of carbonyl (C=O) groups excluding carboxylic acids is 1. The molecule has 0 aromatic heterocycles. The van der Waals surface area contributed by atoms with Gasteiger partial charge in [-0.3, -0.25) is 9.80 Å². The highest BCUT2D eigenvalue weighted by molar-refractivity contribution is 6.03. The Morgan fingerprint density at radius 1 is 0.879 bits per heavy atom. The molecule has 2 heterocycles. The first-order chi connectivity index (χ1) is 16.0. The number of ether oxygens (including phenoxy) is 2. The molecule has 168 valence electrons. The van der Waals surface area contributed by atoms with E-state index >= 15 is 0 Å². The van der Waals surface area contributed by atoms with Crippen LogP contribution in [-0.4, -0.2) is 43.1 Å². The number of rotatable bonds is 4. The normalized spacial score (nSPS) is 17.0. The minimum absolute atomic E-state index is 0.162. The summed E-state index contributed by atoms with van der Waals surface area (Å²) < 4.78 is 11.1. The SMILES string of the molecule is Cc1ccc(-c2ccc(C3=NN(C)C(NC(=O)c4ccc5c(c4)OCCO5)C3)cc2)cc1C. The van der Waals surface area contributed by atoms with Crippen molar-refractivity contribution in [2.24, 2.45) is 5.10 Å². The molecular weight excluding hydrogens is 414 g/mol. The largest absolute Gasteiger partial charge is 0.486 e. The van der Waals surface area contributed by atoms with E-state index in [0.29, 0.717) is 36.7 Å². The van der Waals surface area contributed by atoms with Crippen molar-refractivity contribution in [3.8, 4) is 22.6 Å². The second-order valence-electron chi connectivity index (χ2n) is 8.55. The molecule has 0 spiro atoms. The van der Waals surface area contributed by atoms with Gasteiger partial charge >= 0.3 is 0 Å². The lowest BCUT2D eigenvalue weighted by molar-refractivity contribution is 0.0891. The summed E-state index contributed by atoms with van der Waals surface area (Å²) in [6, 6.07) is 20.2. The number of fused-ring (bicyclic) bond motifs is 1. The van der Waals surface area contributed by atoms with Crippen LogP contribution in [0, 0.1) is 13.8 Å². The summed E-state index contributed by atoms with van der Waals surface area (Å²) in [5, 5.41) is 9.56. The van der Waals surface area contributed by atoms with E-state index in [1.165, 1.54) is 22.3 Å². The van der Waals surface area contributed by atoms with Gasteiger partial charge in [0.05, 0.1) is 5.71 Å². The van der Waals surface area contributed by atoms with Crippen molar-refractivity contribution >= 4 is 11.6 Å². The Balaban J connectivity index is 1.26. The molecule has 0 aliphatic carbocycles. The van der Waals surface area contributed by atoms with Gasteiger partial charge in [0.1, 0.15) is 19.4 Å². The van der Waals surface area contributed by atoms with Crippen molar-refractivity contribution in [1.29, 1.82) is 0 Å². The molecule has 1 N–H and O–H groups in total. The first-order valence-corrected chi connectivity index (χ1v) is 11.2. The topological polar surface area (TPSA) is 63.2 Å². The maximum atomic E-state index is 12.8. The van der Waals surface area contributed by atoms with E-state index in [-0.39, 0.29) is 12.1 Å². The Morgan fingerprint density at radius 2 is 1.58 bits per heavy atom. The summed E-state index contributed by atoms with van der Waals surface area (Å²) in [7, 11) is 1.88. The van der Waals surface area contributed by atoms with Crippen LogP contribution in [0.4, 0.5) is 0 Å². The molecule has 3 aromatic carbocycles. The average Bonchev–Trinajstić information content (AvgIpc) is 3.20. The highest BCUT2D eigenvalue weighted by Crippen LogP contribution is 2.31. The Morgan fingerprint density at radius 3 is 2.33 bits per heavy atom. The number of amides is 1. The third-order valence-corrected chi connectivity index (χ3v) is 6.28. The summed E-state index contributed by atoms with van der Waals surface area (Å²) in [6.07, 6.45) is 0.426. The number of aryl methyl sites for hydroxylation is 2. The van der Waals surface area contributed by atoms with E-state index < -0.39 is 0 Å². The fourth-order valence-corrected chi connectivity index (χ4v) is 4.13. The molecule has 0 radical (unpaired) electrons. The van der Waals surface area contributed by atoms with E-state index in [9.17, 15) is 4.79 Å². The van der Waals surface area contributed by atoms with Crippen molar-refractivity contribution in [2.75, 3.05) is 20.3 Å². The van der Waals surface area contributed by atoms with Crippen LogP contribution in [0.5, 0.6) is 11.5 Å². The smallest absolute Gasteiger partial charge is 0.253 e. The molecule has 3 aromatic rings. The second kappa shape index (κ2) is 8.62. The third-order valence-electron chi connectivity index (χ3n) is 6.28. The Labute approximate surface area is 193 Å². The number of nitrogens with one attached hydrogen (secondary N) is 1. The van der Waals surface area contributed by atoms with Gasteiger partial charge in [0.15, 0.2) is 11.5 Å². The molecule has 0 saturated carbocycles. The standard InChI is InChI=1S/C27H27N3O3/c1-17-4-5-21(14-18(17)2)19-6-8-20(9-7-19)23-16-26(30(3)29-23)28-27(31)22-10-11-24-25(15-22)33-13-12-32-24/h4-11,14-15,26H,12-13,16H2,1-3H3,(H,28,31). The van der Waals surface area contributed by atoms with Gasteiger partial charge in [-0.05, 0) is 59.9 Å². The van der Waals surface area contributed by atoms with Crippen molar-refractivity contribution in [2.45, 2.75) is 26.4 Å². The van der Waals surface area contributed by atoms with Gasteiger partial charge in [0.25, 0.3) is 5.91 Å². The molecule has 0 bridgehead atoms. The molecule has 1 unspecified atom stereocenters. The predicted octanol–water partition coefficient (Wildman–Crippen LogP) is 4.54. The minimum Gasteiger partial charge on any atom is -0.486 e. The predicted molar refractivity (Wildman–Crippen MR) is 129 cm³/mol. The van der Waals surface area contributed by atoms with Gasteiger partial charge in [0, 0.05) is 19.0 Å². The number of carbonyl (C=O) groups is 1. The average molecular weight is 442 g/mol. The first kappa shape index (κ1) is 21.1. The quantitative estimate of drug-likeness (QED) is 0.646. The van der Waals surface area contributed by atoms with E-state index in [1.807, 2.05) is 12.1 Å². The van der Waals surface area contributed by atoms with Crippen LogP contribution < -0.4 is 14.8 Å². The van der Waals surface area contributed by atoms with Crippen LogP contribution in [-0.2, 0) is 0 Å². The van der Waals surface area contributed by atoms with Gasteiger partial charge in [0.2, 0.25) is 0 Å². The molecule has 33 heavy (non-hydrogen) atoms. The van der Waals surface area contributed by atoms with Crippen LogP contribution in [0.25, 0.3) is 11.1 Å². The van der Waals surface area contributed by atoms with Crippen molar-refractivity contribution in [1.82, 2.24) is 10.3 Å². The fourth-order valence-electron chi connectivity index (χ4n) is 4.13. The highest BCUT2D eigenvalue weighted by atomic mass is 16.6. The molecule has 5 rings (SSSR count). The van der Waals surface area contributed by atoms with E-state index in [0.717, 1.165) is 11.3 Å². The zero-order valence-corrected chi connectivity index (χ0v) is 19.1. The summed E-state index contributed by atoms with van der Waals surface area (Å²) >= 11 is 0. The monoisotopic (exact) mass is 441 g/mol. The zero-order valence-electron chi connectivity index (χ0n) is 19.1. The number of hydrogen-bond acceptors (Lipinski definition) is 5. The molecular formula is C27H27N3O3. The fraction of sp³-hybridized carbons (Fsp3) is 0.259. The Hall–Kier alpha value is -3.80. The van der Waals surface area contributed by atoms with E-state index in [4.69, 9.17) is 9.47 Å². The lowest BCUT2D eigenvalue weighted by atomic mass is 9.98. The number of hydrazone groups is 1. The van der Waals surface area contributed by atoms with Crippen LogP contribution in [0.2, 0.25) is 0 Å². The maximum absolute atomic E-state index is 12.8. The van der Waals surface area contributed by atoms with Crippen LogP contribution >= 0.6 is 0 Å². The molecule has 6 nitrogen and oxygen atoms in total. The van der Waals surface area contributed by atoms with E-state index in [2.05, 4.69) is 66.7 Å². The lowest BCUT2D eigenvalue weighted by Gasteiger charge is -2.21. The number of nitrogens with zero attached hydrogens (tertiary/aromatic N) is 2. The molecule has 2 aliphatic rings. The maximum Gasteiger partial charge on any atom is 0.253 e. The summed E-state index contributed by atoms with van der Waals surface area (Å²) in [5.74, 6) is 1.12. The summed E-state index contributed by atoms with van der Waals surface area (Å²) in [5.41, 5.74) is 7.52. The van der Waals surface area contributed by atoms with Gasteiger partial charge in [-0.2, -0.15) is 5.10 Å². The second-order valence-corrected chi connectivity index (χ2v) is 8.55. The van der Waals surface area contributed by atoms with Crippen LogP contribution in [0.1, 0.15) is 33.5 Å². The molecule has 1 atom stereocenters. The first-order valence-electron chi connectivity index (χ1n) is 11.2. The third kappa shape index (κ3) is 4.29. The summed E-state index contributed by atoms with van der Waals surface area (Å²) in [6.45, 7) is 5.27. The molecule has 0 fully saturated rings. The minimum atomic E-state index is -0.208. The van der Waals surface area contributed by atoms with Crippen LogP contribution in [0.3, 0.4) is 0 Å².